The van der Waals surface area contributed by atoms with Gasteiger partial charge in [0.2, 0.25) is 17.7 Å². The van der Waals surface area contributed by atoms with Gasteiger partial charge in [-0.2, -0.15) is 0 Å². The smallest absolute Gasteiger partial charge is 0.246 e. The molecule has 2 heterocycles. The second-order valence-corrected chi connectivity index (χ2v) is 10.5. The maximum Gasteiger partial charge on any atom is 0.246 e. The molecule has 212 valence electrons. The molecule has 0 aliphatic carbocycles. The number of aliphatic hydroxyl groups excluding tert-OH is 1. The molecule has 3 amide bonds. The molecule has 0 radical (unpaired) electrons. The Morgan fingerprint density at radius 2 is 1.97 bits per heavy atom. The van der Waals surface area contributed by atoms with Gasteiger partial charge >= 0.3 is 0 Å². The van der Waals surface area contributed by atoms with Crippen molar-refractivity contribution in [3.8, 4) is 5.75 Å². The number of piperazine rings is 1. The number of amides is 3. The van der Waals surface area contributed by atoms with E-state index < -0.39 is 24.0 Å². The van der Waals surface area contributed by atoms with Crippen LogP contribution in [0.2, 0.25) is 0 Å². The van der Waals surface area contributed by atoms with Crippen molar-refractivity contribution in [1.82, 2.24) is 20.4 Å². The number of nitrogens with one attached hydrogen (secondary N) is 2. The second kappa shape index (κ2) is 15.0. The van der Waals surface area contributed by atoms with Gasteiger partial charge in [-0.15, -0.1) is 0 Å². The fourth-order valence-electron chi connectivity index (χ4n) is 5.44. The van der Waals surface area contributed by atoms with E-state index in [-0.39, 0.29) is 37.4 Å². The number of unbranched alkanes of at least 4 members (excludes halogenated alkanes) is 4. The fourth-order valence-corrected chi connectivity index (χ4v) is 5.44. The van der Waals surface area contributed by atoms with Crippen molar-refractivity contribution in [2.75, 3.05) is 46.9 Å². The number of aliphatic hydroxyl groups is 1. The van der Waals surface area contributed by atoms with Crippen LogP contribution in [0.4, 0.5) is 0 Å². The average Bonchev–Trinajstić information content (AvgIpc) is 3.32. The van der Waals surface area contributed by atoms with Crippen molar-refractivity contribution >= 4 is 17.7 Å². The lowest BCUT2D eigenvalue weighted by molar-refractivity contribution is -0.149. The molecule has 2 aliphatic rings. The van der Waals surface area contributed by atoms with Gasteiger partial charge in [0.1, 0.15) is 24.4 Å². The Morgan fingerprint density at radius 3 is 2.71 bits per heavy atom. The van der Waals surface area contributed by atoms with Gasteiger partial charge < -0.3 is 36.0 Å². The summed E-state index contributed by atoms with van der Waals surface area (Å²) in [6.07, 6.45) is 6.42. The van der Waals surface area contributed by atoms with Gasteiger partial charge in [-0.1, -0.05) is 25.0 Å². The number of rotatable bonds is 16. The van der Waals surface area contributed by atoms with Crippen molar-refractivity contribution in [3.63, 3.8) is 0 Å². The highest BCUT2D eigenvalue weighted by Gasteiger charge is 2.54. The second-order valence-electron chi connectivity index (χ2n) is 10.5. The highest BCUT2D eigenvalue weighted by Crippen LogP contribution is 2.44. The number of benzene rings is 1. The summed E-state index contributed by atoms with van der Waals surface area (Å²) in [5.41, 5.74) is 6.31. The number of hydrogen-bond donors (Lipinski definition) is 4. The molecule has 10 nitrogen and oxygen atoms in total. The molecule has 2 fully saturated rings. The zero-order valence-electron chi connectivity index (χ0n) is 22.9. The van der Waals surface area contributed by atoms with E-state index in [1.807, 2.05) is 32.3 Å². The minimum atomic E-state index is -0.687. The number of ether oxygens (including phenoxy) is 1. The quantitative estimate of drug-likeness (QED) is 0.235. The Kier molecular flexibility index (Phi) is 11.8. The molecule has 5 N–H and O–H groups in total. The van der Waals surface area contributed by atoms with Crippen LogP contribution in [0.3, 0.4) is 0 Å². The van der Waals surface area contributed by atoms with E-state index in [0.717, 1.165) is 50.6 Å². The van der Waals surface area contributed by atoms with Gasteiger partial charge in [-0.3, -0.25) is 14.4 Å². The molecule has 10 heteroatoms. The molecule has 2 saturated heterocycles. The summed E-state index contributed by atoms with van der Waals surface area (Å²) >= 11 is 0. The molecule has 1 aromatic carbocycles. The van der Waals surface area contributed by atoms with Gasteiger partial charge in [0.25, 0.3) is 0 Å². The Hall–Kier alpha value is -2.69. The third kappa shape index (κ3) is 7.91. The van der Waals surface area contributed by atoms with Crippen LogP contribution in [0.5, 0.6) is 5.75 Å². The van der Waals surface area contributed by atoms with Gasteiger partial charge in [0.05, 0.1) is 18.6 Å². The molecule has 2 aliphatic heterocycles. The molecule has 0 spiro atoms. The highest BCUT2D eigenvalue weighted by molar-refractivity contribution is 5.99. The topological polar surface area (TPSA) is 137 Å². The zero-order chi connectivity index (χ0) is 27.5. The predicted molar refractivity (Wildman–Crippen MR) is 145 cm³/mol. The first-order chi connectivity index (χ1) is 18.4. The summed E-state index contributed by atoms with van der Waals surface area (Å²) in [7, 11) is 4.02. The van der Waals surface area contributed by atoms with Crippen LogP contribution >= 0.6 is 0 Å². The lowest BCUT2D eigenvalue weighted by Crippen LogP contribution is -2.61. The fraction of sp³-hybridized carbons (Fsp3) is 0.679. The van der Waals surface area contributed by atoms with Crippen LogP contribution in [0.15, 0.2) is 24.3 Å². The monoisotopic (exact) mass is 531 g/mol. The normalized spacial score (nSPS) is 22.9. The van der Waals surface area contributed by atoms with Crippen molar-refractivity contribution in [2.24, 2.45) is 11.7 Å². The maximum absolute atomic E-state index is 13.7. The van der Waals surface area contributed by atoms with Crippen molar-refractivity contribution in [2.45, 2.75) is 69.5 Å². The molecule has 4 atom stereocenters. The largest absolute Gasteiger partial charge is 0.491 e. The van der Waals surface area contributed by atoms with E-state index in [2.05, 4.69) is 15.5 Å². The van der Waals surface area contributed by atoms with Crippen LogP contribution < -0.4 is 21.1 Å². The molecule has 3 rings (SSSR count). The highest BCUT2D eigenvalue weighted by atomic mass is 16.5. The Bertz CT molecular complexity index is 927. The summed E-state index contributed by atoms with van der Waals surface area (Å²) < 4.78 is 5.61. The molecule has 0 saturated carbocycles. The molecular formula is C28H45N5O5. The first-order valence-electron chi connectivity index (χ1n) is 14.0. The molecule has 1 aromatic rings. The Morgan fingerprint density at radius 1 is 1.18 bits per heavy atom. The summed E-state index contributed by atoms with van der Waals surface area (Å²) in [5, 5.41) is 15.1. The van der Waals surface area contributed by atoms with Gasteiger partial charge in [0, 0.05) is 6.54 Å². The lowest BCUT2D eigenvalue weighted by atomic mass is 9.92. The summed E-state index contributed by atoms with van der Waals surface area (Å²) in [6.45, 7) is 2.16. The Balaban J connectivity index is 1.80. The van der Waals surface area contributed by atoms with E-state index in [0.29, 0.717) is 25.3 Å². The van der Waals surface area contributed by atoms with E-state index in [1.165, 1.54) is 0 Å². The number of carbonyl (C=O) groups excluding carboxylic acids is 3. The predicted octanol–water partition coefficient (Wildman–Crippen LogP) is 1.18. The molecule has 0 unspecified atom stereocenters. The molecule has 0 aromatic heterocycles. The van der Waals surface area contributed by atoms with Crippen molar-refractivity contribution < 1.29 is 24.2 Å². The molecular weight excluding hydrogens is 486 g/mol. The summed E-state index contributed by atoms with van der Waals surface area (Å²) in [4.78, 5) is 44.1. The third-order valence-electron chi connectivity index (χ3n) is 7.34. The zero-order valence-corrected chi connectivity index (χ0v) is 22.9. The molecule has 38 heavy (non-hydrogen) atoms. The maximum atomic E-state index is 13.7. The van der Waals surface area contributed by atoms with Gasteiger partial charge in [-0.05, 0) is 83.4 Å². The van der Waals surface area contributed by atoms with Crippen molar-refractivity contribution in [1.29, 1.82) is 0 Å². The first kappa shape index (κ1) is 29.9. The van der Waals surface area contributed by atoms with Crippen LogP contribution in [0, 0.1) is 5.92 Å². The minimum absolute atomic E-state index is 0.119. The van der Waals surface area contributed by atoms with Crippen LogP contribution in [-0.4, -0.2) is 91.7 Å². The van der Waals surface area contributed by atoms with Crippen molar-refractivity contribution in [3.05, 3.63) is 29.8 Å². The number of hydrogen-bond acceptors (Lipinski definition) is 7. The lowest BCUT2D eigenvalue weighted by Gasteiger charge is -2.38. The number of carbonyl (C=O) groups is 3. The van der Waals surface area contributed by atoms with Gasteiger partial charge in [0.15, 0.2) is 0 Å². The van der Waals surface area contributed by atoms with E-state index in [9.17, 15) is 14.4 Å². The standard InChI is InChI=1S/C28H45N5O5/c1-32(2)15-8-5-12-23-28(37)33-24(27(36)31-23)19-22(26(35)30-14-7-4-3-6-13-29)25(33)20-10-9-11-21(18-20)38-17-16-34/h9-11,18,22-25,34H,3-8,12-17,19,29H2,1-2H3,(H,30,35)(H,31,36)/t22-,23-,24-,25-/m0/s1. The van der Waals surface area contributed by atoms with Crippen LogP contribution in [0.1, 0.15) is 63.0 Å². The number of fused-ring (bicyclic) bond motifs is 1. The number of nitrogens with two attached hydrogens (primary N) is 1. The average molecular weight is 532 g/mol. The first-order valence-corrected chi connectivity index (χ1v) is 14.0. The summed E-state index contributed by atoms with van der Waals surface area (Å²) in [5.74, 6) is -0.485. The van der Waals surface area contributed by atoms with E-state index in [1.54, 1.807) is 11.0 Å². The minimum Gasteiger partial charge on any atom is -0.491 e. The number of nitrogens with zero attached hydrogens (tertiary/aromatic N) is 2. The van der Waals surface area contributed by atoms with E-state index >= 15 is 0 Å². The Labute approximate surface area is 226 Å². The van der Waals surface area contributed by atoms with Crippen LogP contribution in [-0.2, 0) is 14.4 Å². The molecule has 0 bridgehead atoms. The third-order valence-corrected chi connectivity index (χ3v) is 7.34. The van der Waals surface area contributed by atoms with E-state index in [4.69, 9.17) is 15.6 Å². The summed E-state index contributed by atoms with van der Waals surface area (Å²) in [6, 6.07) is 5.42. The SMILES string of the molecule is CN(C)CCCC[C@@H]1NC(=O)[C@@H]2C[C@H](C(=O)NCCCCCCN)[C@H](c3cccc(OCCO)c3)N2C1=O. The van der Waals surface area contributed by atoms with Crippen LogP contribution in [0.25, 0.3) is 0 Å². The van der Waals surface area contributed by atoms with Gasteiger partial charge in [-0.25, -0.2) is 0 Å².